The number of hydrogen-bond acceptors (Lipinski definition) is 6. The van der Waals surface area contributed by atoms with Gasteiger partial charge in [0.1, 0.15) is 9.71 Å². The summed E-state index contributed by atoms with van der Waals surface area (Å²) in [6.07, 6.45) is 0.865. The number of carbonyl (C=O) groups excluding carboxylic acids is 1. The lowest BCUT2D eigenvalue weighted by atomic mass is 10.1. The summed E-state index contributed by atoms with van der Waals surface area (Å²) < 4.78 is 5.46. The van der Waals surface area contributed by atoms with Crippen LogP contribution in [0.25, 0.3) is 10.2 Å². The molecule has 0 radical (unpaired) electrons. The molecule has 2 aromatic heterocycles. The van der Waals surface area contributed by atoms with Crippen molar-refractivity contribution in [2.24, 2.45) is 0 Å². The molecule has 2 atom stereocenters. The fourth-order valence-corrected chi connectivity index (χ4v) is 3.57. The molecule has 0 aliphatic carbocycles. The summed E-state index contributed by atoms with van der Waals surface area (Å²) in [5.74, 6) is -0.157. The molecule has 1 aliphatic heterocycles. The van der Waals surface area contributed by atoms with E-state index in [4.69, 9.17) is 10.5 Å². The Morgan fingerprint density at radius 3 is 2.86 bits per heavy atom. The van der Waals surface area contributed by atoms with Crippen LogP contribution < -0.4 is 11.1 Å². The van der Waals surface area contributed by atoms with E-state index < -0.39 is 0 Å². The molecule has 3 N–H and O–H groups in total. The van der Waals surface area contributed by atoms with Crippen LogP contribution in [0.5, 0.6) is 0 Å². The maximum atomic E-state index is 12.4. The third-order valence-corrected chi connectivity index (χ3v) is 5.12. The van der Waals surface area contributed by atoms with Crippen molar-refractivity contribution in [3.05, 3.63) is 16.1 Å². The van der Waals surface area contributed by atoms with Gasteiger partial charge in [-0.1, -0.05) is 0 Å². The van der Waals surface area contributed by atoms with E-state index in [1.165, 1.54) is 11.3 Å². The second kappa shape index (κ2) is 5.23. The predicted octanol–water partition coefficient (Wildman–Crippen LogP) is 1.80. The molecule has 0 spiro atoms. The number of rotatable bonds is 2. The molecule has 7 heteroatoms. The van der Waals surface area contributed by atoms with Crippen LogP contribution in [0, 0.1) is 13.8 Å². The summed E-state index contributed by atoms with van der Waals surface area (Å²) in [6.45, 7) is 6.48. The number of nitrogens with two attached hydrogens (primary N) is 1. The molecule has 112 valence electrons. The summed E-state index contributed by atoms with van der Waals surface area (Å²) in [5, 5.41) is 12.1. The Labute approximate surface area is 126 Å². The van der Waals surface area contributed by atoms with E-state index in [0.29, 0.717) is 22.0 Å². The molecule has 3 rings (SSSR count). The van der Waals surface area contributed by atoms with Crippen LogP contribution in [-0.4, -0.2) is 34.9 Å². The molecule has 2 unspecified atom stereocenters. The van der Waals surface area contributed by atoms with Crippen LogP contribution in [0.15, 0.2) is 0 Å². The van der Waals surface area contributed by atoms with Gasteiger partial charge in [0.2, 0.25) is 0 Å². The van der Waals surface area contributed by atoms with Gasteiger partial charge in [0, 0.05) is 12.0 Å². The van der Waals surface area contributed by atoms with E-state index in [1.54, 1.807) is 0 Å². The smallest absolute Gasteiger partial charge is 0.263 e. The minimum absolute atomic E-state index is 0.0355. The molecule has 0 saturated carbocycles. The lowest BCUT2D eigenvalue weighted by Gasteiger charge is -2.15. The topological polar surface area (TPSA) is 90.1 Å². The fourth-order valence-electron chi connectivity index (χ4n) is 2.56. The predicted molar refractivity (Wildman–Crippen MR) is 82.6 cm³/mol. The molecule has 1 amide bonds. The summed E-state index contributed by atoms with van der Waals surface area (Å²) >= 11 is 1.29. The minimum Gasteiger partial charge on any atom is -0.397 e. The van der Waals surface area contributed by atoms with E-state index in [0.717, 1.165) is 23.1 Å². The maximum absolute atomic E-state index is 12.4. The van der Waals surface area contributed by atoms with Crippen molar-refractivity contribution in [3.63, 3.8) is 0 Å². The zero-order valence-electron chi connectivity index (χ0n) is 12.3. The number of amides is 1. The number of nitrogens with zero attached hydrogens (tertiary/aromatic N) is 2. The van der Waals surface area contributed by atoms with Crippen LogP contribution in [0.3, 0.4) is 0 Å². The molecule has 0 aromatic carbocycles. The van der Waals surface area contributed by atoms with E-state index in [1.807, 2.05) is 20.8 Å². The lowest BCUT2D eigenvalue weighted by molar-refractivity contribution is 0.0870. The number of fused-ring (bicyclic) bond motifs is 1. The van der Waals surface area contributed by atoms with E-state index in [2.05, 4.69) is 15.5 Å². The van der Waals surface area contributed by atoms with Gasteiger partial charge in [0.15, 0.2) is 0 Å². The minimum atomic E-state index is -0.157. The third kappa shape index (κ3) is 2.36. The van der Waals surface area contributed by atoms with Crippen molar-refractivity contribution in [1.82, 2.24) is 15.5 Å². The highest BCUT2D eigenvalue weighted by Gasteiger charge is 2.28. The average molecular weight is 306 g/mol. The largest absolute Gasteiger partial charge is 0.397 e. The maximum Gasteiger partial charge on any atom is 0.263 e. The van der Waals surface area contributed by atoms with Crippen molar-refractivity contribution in [2.75, 3.05) is 12.3 Å². The van der Waals surface area contributed by atoms with E-state index >= 15 is 0 Å². The number of ether oxygens (including phenoxy) is 1. The van der Waals surface area contributed by atoms with Crippen LogP contribution in [0.4, 0.5) is 5.69 Å². The Hall–Kier alpha value is -1.73. The number of hydrogen-bond donors (Lipinski definition) is 2. The zero-order chi connectivity index (χ0) is 15.1. The number of carbonyl (C=O) groups is 1. The zero-order valence-corrected chi connectivity index (χ0v) is 13.1. The molecule has 6 nitrogen and oxygen atoms in total. The normalized spacial score (nSPS) is 21.9. The number of thiophene rings is 1. The standard InChI is InChI=1S/C14H18N4O2S/c1-6-7(2)17-18-14-10(6)11(15)12(21-14)13(19)16-9-4-5-20-8(9)3/h8-9H,4-5,15H2,1-3H3,(H,16,19). The quantitative estimate of drug-likeness (QED) is 0.883. The SMILES string of the molecule is Cc1nnc2sc(C(=O)NC3CCOC3C)c(N)c2c1C. The molecule has 3 heterocycles. The Kier molecular flexibility index (Phi) is 3.54. The Bertz CT molecular complexity index is 713. The molecular weight excluding hydrogens is 288 g/mol. The molecule has 0 bridgehead atoms. The van der Waals surface area contributed by atoms with E-state index in [-0.39, 0.29) is 18.1 Å². The lowest BCUT2D eigenvalue weighted by Crippen LogP contribution is -2.39. The summed E-state index contributed by atoms with van der Waals surface area (Å²) in [7, 11) is 0. The van der Waals surface area contributed by atoms with Gasteiger partial charge in [-0.2, -0.15) is 5.10 Å². The third-order valence-electron chi connectivity index (χ3n) is 4.03. The van der Waals surface area contributed by atoms with Gasteiger partial charge < -0.3 is 15.8 Å². The van der Waals surface area contributed by atoms with Crippen LogP contribution in [0.1, 0.15) is 34.3 Å². The molecule has 1 saturated heterocycles. The van der Waals surface area contributed by atoms with Gasteiger partial charge in [-0.25, -0.2) is 0 Å². The highest BCUT2D eigenvalue weighted by atomic mass is 32.1. The highest BCUT2D eigenvalue weighted by molar-refractivity contribution is 7.21. The van der Waals surface area contributed by atoms with Crippen molar-refractivity contribution in [1.29, 1.82) is 0 Å². The van der Waals surface area contributed by atoms with Crippen molar-refractivity contribution in [2.45, 2.75) is 39.3 Å². The first-order chi connectivity index (χ1) is 9.99. The molecule has 1 aliphatic rings. The van der Waals surface area contributed by atoms with Gasteiger partial charge in [0.05, 0.1) is 23.5 Å². The van der Waals surface area contributed by atoms with Crippen molar-refractivity contribution >= 4 is 33.1 Å². The van der Waals surface area contributed by atoms with Crippen LogP contribution >= 0.6 is 11.3 Å². The second-order valence-electron chi connectivity index (χ2n) is 5.38. The molecule has 1 fully saturated rings. The first-order valence-corrected chi connectivity index (χ1v) is 7.75. The number of nitrogens with one attached hydrogen (secondary N) is 1. The average Bonchev–Trinajstić information content (AvgIpc) is 2.99. The highest BCUT2D eigenvalue weighted by Crippen LogP contribution is 2.34. The van der Waals surface area contributed by atoms with E-state index in [9.17, 15) is 4.79 Å². The Morgan fingerprint density at radius 1 is 1.43 bits per heavy atom. The van der Waals surface area contributed by atoms with Gasteiger partial charge in [-0.15, -0.1) is 16.4 Å². The first kappa shape index (κ1) is 14.2. The van der Waals surface area contributed by atoms with Crippen LogP contribution in [0.2, 0.25) is 0 Å². The monoisotopic (exact) mass is 306 g/mol. The van der Waals surface area contributed by atoms with Crippen molar-refractivity contribution < 1.29 is 9.53 Å². The number of anilines is 1. The Balaban J connectivity index is 1.95. The molecule has 2 aromatic rings. The molecular formula is C14H18N4O2S. The summed E-state index contributed by atoms with van der Waals surface area (Å²) in [5.41, 5.74) is 8.47. The van der Waals surface area contributed by atoms with Gasteiger partial charge in [-0.05, 0) is 32.8 Å². The van der Waals surface area contributed by atoms with Crippen molar-refractivity contribution in [3.8, 4) is 0 Å². The number of nitrogen functional groups attached to an aromatic ring is 1. The van der Waals surface area contributed by atoms with Gasteiger partial charge in [0.25, 0.3) is 5.91 Å². The number of aryl methyl sites for hydroxylation is 2. The summed E-state index contributed by atoms with van der Waals surface area (Å²) in [6, 6.07) is 0.0380. The first-order valence-electron chi connectivity index (χ1n) is 6.93. The molecule has 21 heavy (non-hydrogen) atoms. The van der Waals surface area contributed by atoms with Gasteiger partial charge >= 0.3 is 0 Å². The number of aromatic nitrogens is 2. The fraction of sp³-hybridized carbons (Fsp3) is 0.500. The van der Waals surface area contributed by atoms with Crippen LogP contribution in [-0.2, 0) is 4.74 Å². The Morgan fingerprint density at radius 2 is 2.19 bits per heavy atom. The van der Waals surface area contributed by atoms with Gasteiger partial charge in [-0.3, -0.25) is 4.79 Å². The second-order valence-corrected chi connectivity index (χ2v) is 6.38. The summed E-state index contributed by atoms with van der Waals surface area (Å²) in [4.78, 5) is 13.7.